The summed E-state index contributed by atoms with van der Waals surface area (Å²) in [7, 11) is 1.66. The van der Waals surface area contributed by atoms with E-state index in [0.717, 1.165) is 23.9 Å². The number of rotatable bonds is 6. The van der Waals surface area contributed by atoms with Crippen molar-refractivity contribution in [3.8, 4) is 0 Å². The lowest BCUT2D eigenvalue weighted by Gasteiger charge is -2.06. The van der Waals surface area contributed by atoms with Crippen molar-refractivity contribution in [2.45, 2.75) is 13.0 Å². The summed E-state index contributed by atoms with van der Waals surface area (Å²) in [5, 5.41) is 3.64. The quantitative estimate of drug-likeness (QED) is 0.513. The van der Waals surface area contributed by atoms with E-state index in [4.69, 9.17) is 16.3 Å². The van der Waals surface area contributed by atoms with Gasteiger partial charge < -0.3 is 9.30 Å². The van der Waals surface area contributed by atoms with Crippen molar-refractivity contribution < 1.29 is 14.3 Å². The maximum Gasteiger partial charge on any atom is 0.259 e. The minimum absolute atomic E-state index is 0.287. The molecule has 3 aromatic rings. The molecule has 1 aliphatic rings. The lowest BCUT2D eigenvalue weighted by atomic mass is 9.96. The minimum atomic E-state index is -0.447. The molecule has 142 valence electrons. The second-order valence-electron chi connectivity index (χ2n) is 6.49. The molecular weight excluding hydrogens is 378 g/mol. The number of hydrogen-bond donors (Lipinski definition) is 1. The normalized spacial score (nSPS) is 14.2. The summed E-state index contributed by atoms with van der Waals surface area (Å²) in [6.07, 6.45) is 6.14. The third-order valence-electron chi connectivity index (χ3n) is 4.77. The molecule has 6 nitrogen and oxygen atoms in total. The lowest BCUT2D eigenvalue weighted by molar-refractivity contribution is -0.122. The fourth-order valence-corrected chi connectivity index (χ4v) is 3.77. The van der Waals surface area contributed by atoms with Crippen LogP contribution in [0.25, 0.3) is 22.0 Å². The Balaban J connectivity index is 1.93. The standard InChI is InChI=1S/C21H18ClN3O3/c1-28-10-4-9-25-12-15(14-11-23-8-7-17(14)25)19-18(20(26)24-21(19)27)13-5-2-3-6-16(13)22/h2-3,5-8,11-12H,4,9-10H2,1H3,(H,24,26,27). The average molecular weight is 396 g/mol. The molecule has 2 amide bonds. The van der Waals surface area contributed by atoms with Crippen LogP contribution < -0.4 is 5.32 Å². The van der Waals surface area contributed by atoms with Crippen LogP contribution in [0.4, 0.5) is 0 Å². The predicted octanol–water partition coefficient (Wildman–Crippen LogP) is 3.29. The van der Waals surface area contributed by atoms with E-state index < -0.39 is 11.8 Å². The highest BCUT2D eigenvalue weighted by atomic mass is 35.5. The lowest BCUT2D eigenvalue weighted by Crippen LogP contribution is -2.22. The largest absolute Gasteiger partial charge is 0.385 e. The molecular formula is C21H18ClN3O3. The zero-order valence-electron chi connectivity index (χ0n) is 15.2. The van der Waals surface area contributed by atoms with Crippen LogP contribution in [0.2, 0.25) is 5.02 Å². The number of methoxy groups -OCH3 is 1. The molecule has 2 aromatic heterocycles. The summed E-state index contributed by atoms with van der Waals surface area (Å²) in [5.74, 6) is -0.878. The average Bonchev–Trinajstić information content (AvgIpc) is 3.19. The van der Waals surface area contributed by atoms with Gasteiger partial charge in [0.1, 0.15) is 0 Å². The van der Waals surface area contributed by atoms with Crippen molar-refractivity contribution in [2.24, 2.45) is 0 Å². The van der Waals surface area contributed by atoms with Crippen LogP contribution in [0.15, 0.2) is 48.9 Å². The highest BCUT2D eigenvalue weighted by Crippen LogP contribution is 2.37. The minimum Gasteiger partial charge on any atom is -0.385 e. The number of nitrogens with one attached hydrogen (secondary N) is 1. The highest BCUT2D eigenvalue weighted by molar-refractivity contribution is 6.51. The number of hydrogen-bond acceptors (Lipinski definition) is 4. The van der Waals surface area contributed by atoms with E-state index in [1.807, 2.05) is 12.3 Å². The summed E-state index contributed by atoms with van der Waals surface area (Å²) in [5.41, 5.74) is 2.75. The van der Waals surface area contributed by atoms with E-state index >= 15 is 0 Å². The Kier molecular flexibility index (Phi) is 4.98. The smallest absolute Gasteiger partial charge is 0.259 e. The maximum absolute atomic E-state index is 12.7. The van der Waals surface area contributed by atoms with Crippen molar-refractivity contribution in [1.29, 1.82) is 0 Å². The van der Waals surface area contributed by atoms with Gasteiger partial charge in [0.05, 0.1) is 16.7 Å². The van der Waals surface area contributed by atoms with Crippen molar-refractivity contribution >= 4 is 45.5 Å². The fourth-order valence-electron chi connectivity index (χ4n) is 3.54. The van der Waals surface area contributed by atoms with Gasteiger partial charge in [0, 0.05) is 60.4 Å². The molecule has 0 atom stereocenters. The zero-order chi connectivity index (χ0) is 19.7. The highest BCUT2D eigenvalue weighted by Gasteiger charge is 2.34. The first-order chi connectivity index (χ1) is 13.6. The number of carbonyl (C=O) groups excluding carboxylic acids is 2. The molecule has 0 saturated heterocycles. The predicted molar refractivity (Wildman–Crippen MR) is 108 cm³/mol. The van der Waals surface area contributed by atoms with Crippen molar-refractivity contribution in [3.63, 3.8) is 0 Å². The van der Waals surface area contributed by atoms with Gasteiger partial charge in [0.25, 0.3) is 11.8 Å². The Bertz CT molecular complexity index is 1120. The van der Waals surface area contributed by atoms with E-state index in [-0.39, 0.29) is 5.57 Å². The number of amides is 2. The molecule has 0 bridgehead atoms. The Labute approximate surface area is 166 Å². The number of carbonyl (C=O) groups is 2. The van der Waals surface area contributed by atoms with Crippen LogP contribution in [0.1, 0.15) is 17.5 Å². The number of pyridine rings is 1. The number of nitrogens with zero attached hydrogens (tertiary/aromatic N) is 2. The fraction of sp³-hybridized carbons (Fsp3) is 0.190. The van der Waals surface area contributed by atoms with Gasteiger partial charge in [-0.1, -0.05) is 29.8 Å². The van der Waals surface area contributed by atoms with Gasteiger partial charge in [-0.3, -0.25) is 19.9 Å². The van der Waals surface area contributed by atoms with Gasteiger partial charge in [0.15, 0.2) is 0 Å². The first-order valence-corrected chi connectivity index (χ1v) is 9.26. The maximum atomic E-state index is 12.7. The van der Waals surface area contributed by atoms with Crippen LogP contribution in [0.3, 0.4) is 0 Å². The van der Waals surface area contributed by atoms with Crippen molar-refractivity contribution in [3.05, 3.63) is 65.1 Å². The van der Waals surface area contributed by atoms with Gasteiger partial charge in [-0.05, 0) is 18.6 Å². The van der Waals surface area contributed by atoms with E-state index in [2.05, 4.69) is 14.9 Å². The molecule has 0 saturated carbocycles. The number of halogens is 1. The Morgan fingerprint density at radius 2 is 1.86 bits per heavy atom. The van der Waals surface area contributed by atoms with E-state index in [0.29, 0.717) is 28.3 Å². The summed E-state index contributed by atoms with van der Waals surface area (Å²) >= 11 is 6.32. The summed E-state index contributed by atoms with van der Waals surface area (Å²) < 4.78 is 7.20. The van der Waals surface area contributed by atoms with Crippen LogP contribution in [0, 0.1) is 0 Å². The number of aromatic nitrogens is 2. The number of benzene rings is 1. The molecule has 28 heavy (non-hydrogen) atoms. The molecule has 1 aromatic carbocycles. The molecule has 0 unspecified atom stereocenters. The Morgan fingerprint density at radius 3 is 2.61 bits per heavy atom. The summed E-state index contributed by atoms with van der Waals surface area (Å²) in [4.78, 5) is 29.5. The zero-order valence-corrected chi connectivity index (χ0v) is 16.0. The first-order valence-electron chi connectivity index (χ1n) is 8.89. The molecule has 1 N–H and O–H groups in total. The summed E-state index contributed by atoms with van der Waals surface area (Å²) in [6.45, 7) is 1.35. The molecule has 0 fully saturated rings. The van der Waals surface area contributed by atoms with Gasteiger partial charge in [-0.2, -0.15) is 0 Å². The van der Waals surface area contributed by atoms with Crippen LogP contribution in [-0.2, 0) is 20.9 Å². The molecule has 1 aliphatic heterocycles. The summed E-state index contributed by atoms with van der Waals surface area (Å²) in [6, 6.07) is 8.92. The van der Waals surface area contributed by atoms with Crippen molar-refractivity contribution in [2.75, 3.05) is 13.7 Å². The number of aryl methyl sites for hydroxylation is 1. The van der Waals surface area contributed by atoms with Crippen LogP contribution in [-0.4, -0.2) is 35.1 Å². The van der Waals surface area contributed by atoms with Crippen LogP contribution >= 0.6 is 11.6 Å². The van der Waals surface area contributed by atoms with E-state index in [9.17, 15) is 9.59 Å². The number of imide groups is 1. The van der Waals surface area contributed by atoms with Crippen LogP contribution in [0.5, 0.6) is 0 Å². The number of fused-ring (bicyclic) bond motifs is 1. The van der Waals surface area contributed by atoms with Gasteiger partial charge in [-0.15, -0.1) is 0 Å². The molecule has 4 rings (SSSR count). The topological polar surface area (TPSA) is 73.2 Å². The monoisotopic (exact) mass is 395 g/mol. The van der Waals surface area contributed by atoms with E-state index in [1.165, 1.54) is 0 Å². The Morgan fingerprint density at radius 1 is 1.11 bits per heavy atom. The molecule has 7 heteroatoms. The second kappa shape index (κ2) is 7.58. The Hall–Kier alpha value is -2.96. The van der Waals surface area contributed by atoms with Crippen molar-refractivity contribution in [1.82, 2.24) is 14.9 Å². The molecule has 0 radical (unpaired) electrons. The third-order valence-corrected chi connectivity index (χ3v) is 5.10. The molecule has 3 heterocycles. The molecule has 0 aliphatic carbocycles. The third kappa shape index (κ3) is 3.10. The van der Waals surface area contributed by atoms with Gasteiger partial charge in [-0.25, -0.2) is 0 Å². The SMILES string of the molecule is COCCCn1cc(C2=C(c3ccccc3Cl)C(=O)NC2=O)c2cnccc21. The van der Waals surface area contributed by atoms with Gasteiger partial charge in [0.2, 0.25) is 0 Å². The second-order valence-corrected chi connectivity index (χ2v) is 6.90. The van der Waals surface area contributed by atoms with Gasteiger partial charge >= 0.3 is 0 Å². The number of ether oxygens (including phenoxy) is 1. The van der Waals surface area contributed by atoms with E-state index in [1.54, 1.807) is 43.8 Å². The first kappa shape index (κ1) is 18.4. The molecule has 0 spiro atoms.